The average Bonchev–Trinajstić information content (AvgIpc) is 3.44. The van der Waals surface area contributed by atoms with Crippen molar-refractivity contribution in [2.24, 2.45) is 35.5 Å². The van der Waals surface area contributed by atoms with Gasteiger partial charge >= 0.3 is 0 Å². The Bertz CT molecular complexity index is 428. The lowest BCUT2D eigenvalue weighted by molar-refractivity contribution is 0.390. The fourth-order valence-electron chi connectivity index (χ4n) is 6.68. The third kappa shape index (κ3) is 5.05. The third-order valence-corrected chi connectivity index (χ3v) is 8.23. The van der Waals surface area contributed by atoms with Gasteiger partial charge in [0.25, 0.3) is 0 Å². The Balaban J connectivity index is 0.897. The second-order valence-electron chi connectivity index (χ2n) is 10.2. The van der Waals surface area contributed by atoms with E-state index in [1.807, 2.05) is 0 Å². The van der Waals surface area contributed by atoms with Gasteiger partial charge in [-0.15, -0.1) is 0 Å². The smallest absolute Gasteiger partial charge is 0.0199 e. The molecule has 0 radical (unpaired) electrons. The van der Waals surface area contributed by atoms with Crippen molar-refractivity contribution in [2.45, 2.75) is 103 Å². The highest BCUT2D eigenvalue weighted by atomic mass is 14.4. The molecule has 146 valence electrons. The van der Waals surface area contributed by atoms with E-state index in [2.05, 4.69) is 24.3 Å². The molecule has 0 aliphatic heterocycles. The topological polar surface area (TPSA) is 0 Å². The van der Waals surface area contributed by atoms with Crippen LogP contribution in [-0.4, -0.2) is 0 Å². The van der Waals surface area contributed by atoms with Crippen molar-refractivity contribution in [1.29, 1.82) is 0 Å². The highest BCUT2D eigenvalue weighted by Gasteiger charge is 2.35. The van der Waals surface area contributed by atoms with E-state index in [1.54, 1.807) is 0 Å². The largest absolute Gasteiger partial charge is 0.0851 e. The van der Waals surface area contributed by atoms with Crippen molar-refractivity contribution < 1.29 is 0 Å². The van der Waals surface area contributed by atoms with Gasteiger partial charge in [-0.1, -0.05) is 88.5 Å². The summed E-state index contributed by atoms with van der Waals surface area (Å²) in [6, 6.07) is 0. The van der Waals surface area contributed by atoms with Crippen LogP contribution in [-0.2, 0) is 0 Å². The van der Waals surface area contributed by atoms with E-state index in [0.717, 1.165) is 35.5 Å². The standard InChI is InChI=1S/C26H42/c1(3-5-7-9-11-23-17-21-13-15-25(23)19-21)2-4-6-8-10-12-24-18-22-14-16-26(24)20-22/h13-16,21-26H,1-12,17-20H2. The van der Waals surface area contributed by atoms with E-state index in [0.29, 0.717) is 0 Å². The first kappa shape index (κ1) is 18.8. The summed E-state index contributed by atoms with van der Waals surface area (Å²) in [5.74, 6) is 5.99. The Morgan fingerprint density at radius 1 is 0.423 bits per heavy atom. The number of unbranched alkanes of at least 4 members (excludes halogenated alkanes) is 9. The SMILES string of the molecule is C1=CC2CC1CC2CCCCCCCCCCCCC1CC2C=CC1C2. The Hall–Kier alpha value is -0.520. The molecular weight excluding hydrogens is 312 g/mol. The van der Waals surface area contributed by atoms with Crippen LogP contribution in [0.15, 0.2) is 24.3 Å². The van der Waals surface area contributed by atoms with Crippen LogP contribution in [0.4, 0.5) is 0 Å². The average molecular weight is 355 g/mol. The highest BCUT2D eigenvalue weighted by Crippen LogP contribution is 2.46. The van der Waals surface area contributed by atoms with Crippen molar-refractivity contribution in [3.63, 3.8) is 0 Å². The molecule has 0 nitrogen and oxygen atoms in total. The second kappa shape index (κ2) is 9.61. The van der Waals surface area contributed by atoms with Gasteiger partial charge < -0.3 is 0 Å². The second-order valence-corrected chi connectivity index (χ2v) is 10.2. The number of allylic oxidation sites excluding steroid dienone is 4. The molecule has 0 N–H and O–H groups in total. The molecule has 4 aliphatic rings. The molecular formula is C26H42. The van der Waals surface area contributed by atoms with Gasteiger partial charge in [-0.2, -0.15) is 0 Å². The molecule has 0 aromatic heterocycles. The monoisotopic (exact) mass is 354 g/mol. The third-order valence-electron chi connectivity index (χ3n) is 8.23. The molecule has 4 aliphatic carbocycles. The molecule has 0 aromatic carbocycles. The number of hydrogen-bond donors (Lipinski definition) is 0. The summed E-state index contributed by atoms with van der Waals surface area (Å²) in [5, 5.41) is 0. The zero-order valence-corrected chi connectivity index (χ0v) is 17.1. The molecule has 0 heteroatoms. The molecule has 0 amide bonds. The van der Waals surface area contributed by atoms with Crippen LogP contribution in [0.1, 0.15) is 103 Å². The molecule has 6 atom stereocenters. The van der Waals surface area contributed by atoms with E-state index >= 15 is 0 Å². The number of fused-ring (bicyclic) bond motifs is 4. The minimum Gasteiger partial charge on any atom is -0.0851 e. The summed E-state index contributed by atoms with van der Waals surface area (Å²) in [4.78, 5) is 0. The first-order valence-electron chi connectivity index (χ1n) is 12.2. The first-order chi connectivity index (χ1) is 12.9. The number of hydrogen-bond acceptors (Lipinski definition) is 0. The molecule has 2 saturated carbocycles. The van der Waals surface area contributed by atoms with E-state index in [1.165, 1.54) is 103 Å². The van der Waals surface area contributed by atoms with Crippen molar-refractivity contribution in [3.8, 4) is 0 Å². The molecule has 4 rings (SSSR count). The van der Waals surface area contributed by atoms with E-state index in [4.69, 9.17) is 0 Å². The zero-order valence-electron chi connectivity index (χ0n) is 17.1. The maximum Gasteiger partial charge on any atom is -0.0199 e. The summed E-state index contributed by atoms with van der Waals surface area (Å²) in [7, 11) is 0. The van der Waals surface area contributed by atoms with E-state index in [-0.39, 0.29) is 0 Å². The Morgan fingerprint density at radius 3 is 1.12 bits per heavy atom. The van der Waals surface area contributed by atoms with Crippen molar-refractivity contribution >= 4 is 0 Å². The minimum absolute atomic E-state index is 0.968. The Morgan fingerprint density at radius 2 is 0.808 bits per heavy atom. The van der Waals surface area contributed by atoms with Crippen molar-refractivity contribution in [2.75, 3.05) is 0 Å². The van der Waals surface area contributed by atoms with E-state index in [9.17, 15) is 0 Å². The summed E-state index contributed by atoms with van der Waals surface area (Å²) in [6.45, 7) is 0. The normalized spacial score (nSPS) is 36.6. The molecule has 0 aromatic rings. The molecule has 4 bridgehead atoms. The van der Waals surface area contributed by atoms with Gasteiger partial charge in [0.15, 0.2) is 0 Å². The van der Waals surface area contributed by atoms with Gasteiger partial charge in [-0.25, -0.2) is 0 Å². The van der Waals surface area contributed by atoms with Crippen molar-refractivity contribution in [3.05, 3.63) is 24.3 Å². The van der Waals surface area contributed by atoms with Crippen LogP contribution in [0.5, 0.6) is 0 Å². The Kier molecular flexibility index (Phi) is 6.96. The summed E-state index contributed by atoms with van der Waals surface area (Å²) >= 11 is 0. The van der Waals surface area contributed by atoms with Gasteiger partial charge in [0.1, 0.15) is 0 Å². The predicted octanol–water partition coefficient (Wildman–Crippen LogP) is 8.09. The van der Waals surface area contributed by atoms with Crippen LogP contribution in [0.2, 0.25) is 0 Å². The lowest BCUT2D eigenvalue weighted by Gasteiger charge is -2.17. The van der Waals surface area contributed by atoms with Gasteiger partial charge in [-0.05, 0) is 74.0 Å². The maximum absolute atomic E-state index is 2.52. The fraction of sp³-hybridized carbons (Fsp3) is 0.846. The molecule has 6 unspecified atom stereocenters. The quantitative estimate of drug-likeness (QED) is 0.231. The molecule has 26 heavy (non-hydrogen) atoms. The van der Waals surface area contributed by atoms with Crippen molar-refractivity contribution in [1.82, 2.24) is 0 Å². The van der Waals surface area contributed by atoms with Crippen LogP contribution in [0.25, 0.3) is 0 Å². The number of rotatable bonds is 13. The maximum atomic E-state index is 2.52. The first-order valence-corrected chi connectivity index (χ1v) is 12.2. The van der Waals surface area contributed by atoms with Crippen LogP contribution >= 0.6 is 0 Å². The lowest BCUT2D eigenvalue weighted by Crippen LogP contribution is -2.06. The lowest BCUT2D eigenvalue weighted by atomic mass is 9.88. The van der Waals surface area contributed by atoms with Crippen LogP contribution in [0.3, 0.4) is 0 Å². The summed E-state index contributed by atoms with van der Waals surface area (Å²) in [6.07, 6.45) is 34.0. The summed E-state index contributed by atoms with van der Waals surface area (Å²) in [5.41, 5.74) is 0. The van der Waals surface area contributed by atoms with Gasteiger partial charge in [0, 0.05) is 0 Å². The van der Waals surface area contributed by atoms with Gasteiger partial charge in [-0.3, -0.25) is 0 Å². The molecule has 0 heterocycles. The molecule has 0 spiro atoms. The Labute approximate surface area is 162 Å². The fourth-order valence-corrected chi connectivity index (χ4v) is 6.68. The van der Waals surface area contributed by atoms with Crippen LogP contribution in [0, 0.1) is 35.5 Å². The van der Waals surface area contributed by atoms with E-state index < -0.39 is 0 Å². The molecule has 0 saturated heterocycles. The minimum atomic E-state index is 0.968. The summed E-state index contributed by atoms with van der Waals surface area (Å²) < 4.78 is 0. The molecule has 2 fully saturated rings. The highest BCUT2D eigenvalue weighted by molar-refractivity contribution is 5.10. The van der Waals surface area contributed by atoms with Gasteiger partial charge in [0.2, 0.25) is 0 Å². The van der Waals surface area contributed by atoms with Gasteiger partial charge in [0.05, 0.1) is 0 Å². The zero-order chi connectivity index (χ0) is 17.6. The predicted molar refractivity (Wildman–Crippen MR) is 113 cm³/mol. The van der Waals surface area contributed by atoms with Crippen LogP contribution < -0.4 is 0 Å².